The molecule has 7 nitrogen and oxygen atoms in total. The first kappa shape index (κ1) is 22.7. The average molecular weight is 480 g/mol. The standard InChI is InChI=1S/C22H23ClFN3O4S/c1-12-6-8-17(24)19(13(12)2)14(3)20(21-25-26-22(28)31-21)27-10-4-5-15-11-16(23)7-9-18(15)32(27,29)30/h6-9,11,14,20H,4-5,10H2,1-3H3,(H,26,28)/t14-,20+/m1/s1. The van der Waals surface area contributed by atoms with E-state index in [2.05, 4.69) is 10.2 Å². The van der Waals surface area contributed by atoms with Crippen molar-refractivity contribution in [3.63, 3.8) is 0 Å². The zero-order chi connectivity index (χ0) is 23.2. The molecule has 170 valence electrons. The van der Waals surface area contributed by atoms with Crippen LogP contribution in [-0.2, 0) is 16.4 Å². The van der Waals surface area contributed by atoms with Gasteiger partial charge in [-0.25, -0.2) is 22.7 Å². The molecular formula is C22H23ClFN3O4S. The van der Waals surface area contributed by atoms with Gasteiger partial charge in [-0.2, -0.15) is 4.31 Å². The lowest BCUT2D eigenvalue weighted by atomic mass is 9.87. The summed E-state index contributed by atoms with van der Waals surface area (Å²) in [5.41, 5.74) is 2.55. The molecule has 2 heterocycles. The van der Waals surface area contributed by atoms with Gasteiger partial charge in [0.05, 0.1) is 4.90 Å². The predicted molar refractivity (Wildman–Crippen MR) is 118 cm³/mol. The van der Waals surface area contributed by atoms with Crippen molar-refractivity contribution in [3.05, 3.63) is 79.9 Å². The number of H-pyrrole nitrogens is 1. The van der Waals surface area contributed by atoms with Crippen LogP contribution in [-0.4, -0.2) is 29.5 Å². The highest BCUT2D eigenvalue weighted by Gasteiger charge is 2.42. The molecule has 0 unspecified atom stereocenters. The minimum Gasteiger partial charge on any atom is -0.391 e. The summed E-state index contributed by atoms with van der Waals surface area (Å²) in [6.45, 7) is 5.51. The van der Waals surface area contributed by atoms with Gasteiger partial charge in [0.2, 0.25) is 15.9 Å². The topological polar surface area (TPSA) is 96.3 Å². The maximum atomic E-state index is 15.0. The van der Waals surface area contributed by atoms with Crippen LogP contribution in [0, 0.1) is 19.7 Å². The third kappa shape index (κ3) is 3.89. The van der Waals surface area contributed by atoms with Gasteiger partial charge >= 0.3 is 5.76 Å². The van der Waals surface area contributed by atoms with Gasteiger partial charge in [-0.15, -0.1) is 5.10 Å². The largest absolute Gasteiger partial charge is 0.434 e. The fourth-order valence-corrected chi connectivity index (χ4v) is 6.55. The molecule has 0 fully saturated rings. The molecule has 1 aliphatic rings. The van der Waals surface area contributed by atoms with E-state index in [9.17, 15) is 17.6 Å². The van der Waals surface area contributed by atoms with Gasteiger partial charge in [-0.3, -0.25) is 0 Å². The van der Waals surface area contributed by atoms with Crippen molar-refractivity contribution >= 4 is 21.6 Å². The zero-order valence-corrected chi connectivity index (χ0v) is 19.4. The monoisotopic (exact) mass is 479 g/mol. The second-order valence-corrected chi connectivity index (χ2v) is 10.4. The smallest absolute Gasteiger partial charge is 0.391 e. The van der Waals surface area contributed by atoms with Crippen LogP contribution in [0.15, 0.2) is 44.4 Å². The van der Waals surface area contributed by atoms with E-state index < -0.39 is 33.6 Å². The number of sulfonamides is 1. The lowest BCUT2D eigenvalue weighted by Gasteiger charge is -2.33. The second-order valence-electron chi connectivity index (χ2n) is 8.06. The normalized spacial score (nSPS) is 18.0. The third-order valence-corrected chi connectivity index (χ3v) is 8.33. The minimum absolute atomic E-state index is 0.108. The maximum Gasteiger partial charge on any atom is 0.434 e. The van der Waals surface area contributed by atoms with E-state index in [1.165, 1.54) is 22.5 Å². The minimum atomic E-state index is -4.03. The van der Waals surface area contributed by atoms with Gasteiger partial charge in [0, 0.05) is 17.5 Å². The summed E-state index contributed by atoms with van der Waals surface area (Å²) in [6.07, 6.45) is 1.02. The van der Waals surface area contributed by atoms with Gasteiger partial charge < -0.3 is 4.42 Å². The Bertz CT molecular complexity index is 1340. The van der Waals surface area contributed by atoms with Gasteiger partial charge in [-0.05, 0) is 73.2 Å². The molecule has 0 amide bonds. The first-order valence-corrected chi connectivity index (χ1v) is 12.0. The van der Waals surface area contributed by atoms with Crippen LogP contribution in [0.2, 0.25) is 5.02 Å². The number of hydrogen-bond acceptors (Lipinski definition) is 5. The van der Waals surface area contributed by atoms with Crippen LogP contribution in [0.3, 0.4) is 0 Å². The van der Waals surface area contributed by atoms with Crippen LogP contribution in [0.4, 0.5) is 4.39 Å². The molecular weight excluding hydrogens is 457 g/mol. The van der Waals surface area contributed by atoms with Gasteiger partial charge in [0.1, 0.15) is 11.9 Å². The van der Waals surface area contributed by atoms with Crippen molar-refractivity contribution in [1.29, 1.82) is 0 Å². The van der Waals surface area contributed by atoms with Gasteiger partial charge in [-0.1, -0.05) is 24.6 Å². The summed E-state index contributed by atoms with van der Waals surface area (Å²) in [7, 11) is -4.03. The van der Waals surface area contributed by atoms with Crippen LogP contribution >= 0.6 is 11.6 Å². The average Bonchev–Trinajstić information content (AvgIpc) is 3.10. The quantitative estimate of drug-likeness (QED) is 0.603. The molecule has 0 spiro atoms. The highest BCUT2D eigenvalue weighted by Crippen LogP contribution is 2.42. The molecule has 10 heteroatoms. The number of nitrogens with zero attached hydrogens (tertiary/aromatic N) is 2. The molecule has 0 saturated carbocycles. The number of rotatable bonds is 4. The summed E-state index contributed by atoms with van der Waals surface area (Å²) >= 11 is 6.09. The lowest BCUT2D eigenvalue weighted by Crippen LogP contribution is -2.38. The van der Waals surface area contributed by atoms with Crippen molar-refractivity contribution in [2.45, 2.75) is 50.5 Å². The van der Waals surface area contributed by atoms with Gasteiger partial charge in [0.25, 0.3) is 0 Å². The Kier molecular flexibility index (Phi) is 6.00. The first-order valence-electron chi connectivity index (χ1n) is 10.2. The summed E-state index contributed by atoms with van der Waals surface area (Å²) < 4.78 is 49.0. The van der Waals surface area contributed by atoms with E-state index in [1.54, 1.807) is 26.0 Å². The van der Waals surface area contributed by atoms with Crippen LogP contribution < -0.4 is 5.76 Å². The molecule has 0 bridgehead atoms. The molecule has 4 rings (SSSR count). The number of benzene rings is 2. The fraction of sp³-hybridized carbons (Fsp3) is 0.364. The highest BCUT2D eigenvalue weighted by atomic mass is 35.5. The summed E-state index contributed by atoms with van der Waals surface area (Å²) in [5.74, 6) is -2.06. The summed E-state index contributed by atoms with van der Waals surface area (Å²) in [5, 5.41) is 6.58. The van der Waals surface area contributed by atoms with Crippen molar-refractivity contribution in [3.8, 4) is 0 Å². The number of aromatic nitrogens is 2. The molecule has 3 aromatic rings. The third-order valence-electron chi connectivity index (χ3n) is 6.11. The molecule has 32 heavy (non-hydrogen) atoms. The Balaban J connectivity index is 1.91. The Labute approximate surface area is 190 Å². The fourth-order valence-electron chi connectivity index (χ4n) is 4.43. The van der Waals surface area contributed by atoms with E-state index >= 15 is 0 Å². The predicted octanol–water partition coefficient (Wildman–Crippen LogP) is 4.25. The van der Waals surface area contributed by atoms with Crippen molar-refractivity contribution in [1.82, 2.24) is 14.5 Å². The molecule has 2 aromatic carbocycles. The highest BCUT2D eigenvalue weighted by molar-refractivity contribution is 7.89. The SMILES string of the molecule is Cc1ccc(F)c([C@@H](C)[C@@H](c2n[nH]c(=O)o2)N2CCCc3cc(Cl)ccc3S2(=O)=O)c1C. The molecule has 0 aliphatic carbocycles. The zero-order valence-electron chi connectivity index (χ0n) is 17.9. The van der Waals surface area contributed by atoms with Crippen LogP contribution in [0.1, 0.15) is 53.4 Å². The number of aryl methyl sites for hydroxylation is 2. The molecule has 0 radical (unpaired) electrons. The first-order chi connectivity index (χ1) is 15.1. The lowest BCUT2D eigenvalue weighted by molar-refractivity contribution is 0.240. The Morgan fingerprint density at radius 1 is 1.25 bits per heavy atom. The number of halogens is 2. The second kappa shape index (κ2) is 8.46. The van der Waals surface area contributed by atoms with Crippen molar-refractivity contribution in [2.75, 3.05) is 6.54 Å². The number of fused-ring (bicyclic) bond motifs is 1. The molecule has 1 aliphatic heterocycles. The number of nitrogens with one attached hydrogen (secondary N) is 1. The van der Waals surface area contributed by atoms with E-state index in [4.69, 9.17) is 16.0 Å². The Morgan fingerprint density at radius 3 is 2.69 bits per heavy atom. The van der Waals surface area contributed by atoms with Gasteiger partial charge in [0.15, 0.2) is 0 Å². The van der Waals surface area contributed by atoms with Crippen LogP contribution in [0.5, 0.6) is 0 Å². The number of hydrogen-bond donors (Lipinski definition) is 1. The molecule has 1 aromatic heterocycles. The Hall–Kier alpha value is -2.49. The molecule has 2 atom stereocenters. The summed E-state index contributed by atoms with van der Waals surface area (Å²) in [4.78, 5) is 11.9. The van der Waals surface area contributed by atoms with E-state index in [-0.39, 0.29) is 17.3 Å². The Morgan fingerprint density at radius 2 is 2.00 bits per heavy atom. The molecule has 1 N–H and O–H groups in total. The summed E-state index contributed by atoms with van der Waals surface area (Å²) in [6, 6.07) is 6.66. The van der Waals surface area contributed by atoms with E-state index in [0.29, 0.717) is 34.6 Å². The molecule has 0 saturated heterocycles. The van der Waals surface area contributed by atoms with Crippen molar-refractivity contribution in [2.24, 2.45) is 0 Å². The van der Waals surface area contributed by atoms with Crippen molar-refractivity contribution < 1.29 is 17.2 Å². The maximum absolute atomic E-state index is 15.0. The van der Waals surface area contributed by atoms with Crippen LogP contribution in [0.25, 0.3) is 0 Å². The van der Waals surface area contributed by atoms with E-state index in [1.807, 2.05) is 6.92 Å². The number of aromatic amines is 1. The van der Waals surface area contributed by atoms with E-state index in [0.717, 1.165) is 5.56 Å².